The maximum Gasteiger partial charge on any atom is 0.263 e. The summed E-state index contributed by atoms with van der Waals surface area (Å²) in [6.07, 6.45) is 4.05. The average Bonchev–Trinajstić information content (AvgIpc) is 2.99. The number of carbonyl (C=O) groups is 1. The van der Waals surface area contributed by atoms with E-state index < -0.39 is 0 Å². The van der Waals surface area contributed by atoms with E-state index in [4.69, 9.17) is 4.98 Å². The van der Waals surface area contributed by atoms with Crippen LogP contribution in [0.5, 0.6) is 0 Å². The van der Waals surface area contributed by atoms with Gasteiger partial charge < -0.3 is 5.32 Å². The number of amides is 1. The fourth-order valence-electron chi connectivity index (χ4n) is 3.59. The molecular weight excluding hydrogens is 390 g/mol. The van der Waals surface area contributed by atoms with Gasteiger partial charge in [0, 0.05) is 17.5 Å². The molecule has 0 fully saturated rings. The predicted octanol–water partition coefficient (Wildman–Crippen LogP) is 4.25. The van der Waals surface area contributed by atoms with Crippen molar-refractivity contribution in [1.82, 2.24) is 14.9 Å². The van der Waals surface area contributed by atoms with E-state index in [2.05, 4.69) is 26.1 Å². The number of carbonyl (C=O) groups excluding carboxylic acids is 1. The maximum absolute atomic E-state index is 13.4. The van der Waals surface area contributed by atoms with Crippen molar-refractivity contribution in [2.45, 2.75) is 78.0 Å². The molecule has 2 aromatic rings. The number of hydrogen-bond donors (Lipinski definition) is 1. The quantitative estimate of drug-likeness (QED) is 0.536. The monoisotopic (exact) mass is 421 g/mol. The van der Waals surface area contributed by atoms with Crippen molar-refractivity contribution >= 4 is 39.2 Å². The second kappa shape index (κ2) is 8.99. The first-order chi connectivity index (χ1) is 13.3. The summed E-state index contributed by atoms with van der Waals surface area (Å²) in [6, 6.07) is 0.160. The van der Waals surface area contributed by atoms with Gasteiger partial charge in [-0.05, 0) is 50.0 Å². The standard InChI is InChI=1S/C21H31N3O2S2/c1-6-14(5)22-17(25)11-27-21-23-19-18(20(26)24(21)10-12(2)3)15-8-7-13(4)9-16(15)28-19/h12-14H,6-11H2,1-5H3,(H,22,25). The summed E-state index contributed by atoms with van der Waals surface area (Å²) in [7, 11) is 0. The van der Waals surface area contributed by atoms with E-state index in [9.17, 15) is 9.59 Å². The Morgan fingerprint density at radius 2 is 2.14 bits per heavy atom. The van der Waals surface area contributed by atoms with Crippen molar-refractivity contribution in [3.8, 4) is 0 Å². The van der Waals surface area contributed by atoms with E-state index in [1.165, 1.54) is 22.2 Å². The van der Waals surface area contributed by atoms with Crippen LogP contribution in [0.1, 0.15) is 57.9 Å². The van der Waals surface area contributed by atoms with Crippen LogP contribution in [0.25, 0.3) is 10.2 Å². The molecule has 1 aliphatic carbocycles. The molecule has 1 N–H and O–H groups in total. The summed E-state index contributed by atoms with van der Waals surface area (Å²) in [4.78, 5) is 32.6. The molecule has 1 amide bonds. The zero-order valence-corrected chi connectivity index (χ0v) is 19.1. The van der Waals surface area contributed by atoms with Gasteiger partial charge in [-0.25, -0.2) is 4.98 Å². The van der Waals surface area contributed by atoms with Crippen molar-refractivity contribution in [3.05, 3.63) is 20.8 Å². The number of fused-ring (bicyclic) bond motifs is 3. The molecule has 0 aliphatic heterocycles. The summed E-state index contributed by atoms with van der Waals surface area (Å²) in [5.74, 6) is 1.27. The number of rotatable bonds is 7. The zero-order chi connectivity index (χ0) is 20.4. The molecule has 28 heavy (non-hydrogen) atoms. The number of aromatic nitrogens is 2. The van der Waals surface area contributed by atoms with Gasteiger partial charge in [-0.15, -0.1) is 11.3 Å². The second-order valence-electron chi connectivity index (χ2n) is 8.40. The van der Waals surface area contributed by atoms with Crippen LogP contribution in [0.3, 0.4) is 0 Å². The summed E-state index contributed by atoms with van der Waals surface area (Å²) < 4.78 is 1.79. The predicted molar refractivity (Wildman–Crippen MR) is 119 cm³/mol. The van der Waals surface area contributed by atoms with Gasteiger partial charge >= 0.3 is 0 Å². The smallest absolute Gasteiger partial charge is 0.263 e. The van der Waals surface area contributed by atoms with E-state index in [1.54, 1.807) is 15.9 Å². The molecule has 0 radical (unpaired) electrons. The minimum absolute atomic E-state index is 0.0101. The first-order valence-electron chi connectivity index (χ1n) is 10.3. The minimum Gasteiger partial charge on any atom is -0.353 e. The van der Waals surface area contributed by atoms with Gasteiger partial charge in [0.05, 0.1) is 11.1 Å². The Labute approximate surface area is 175 Å². The molecule has 0 bridgehead atoms. The molecule has 0 saturated carbocycles. The van der Waals surface area contributed by atoms with Crippen molar-refractivity contribution in [3.63, 3.8) is 0 Å². The molecule has 0 spiro atoms. The lowest BCUT2D eigenvalue weighted by atomic mass is 9.89. The SMILES string of the molecule is CCC(C)NC(=O)CSc1nc2sc3c(c2c(=O)n1CC(C)C)CCC(C)C3. The molecule has 1 aliphatic rings. The molecule has 7 heteroatoms. The first-order valence-corrected chi connectivity index (χ1v) is 12.1. The molecule has 2 atom stereocenters. The number of nitrogens with one attached hydrogen (secondary N) is 1. The van der Waals surface area contributed by atoms with Crippen LogP contribution in [-0.2, 0) is 24.2 Å². The zero-order valence-electron chi connectivity index (χ0n) is 17.5. The van der Waals surface area contributed by atoms with Gasteiger partial charge in [-0.3, -0.25) is 14.2 Å². The highest BCUT2D eigenvalue weighted by Crippen LogP contribution is 2.36. The van der Waals surface area contributed by atoms with Gasteiger partial charge in [-0.1, -0.05) is 39.5 Å². The van der Waals surface area contributed by atoms with Crippen molar-refractivity contribution in [1.29, 1.82) is 0 Å². The highest BCUT2D eigenvalue weighted by molar-refractivity contribution is 7.99. The molecule has 5 nitrogen and oxygen atoms in total. The van der Waals surface area contributed by atoms with Crippen LogP contribution >= 0.6 is 23.1 Å². The van der Waals surface area contributed by atoms with Crippen LogP contribution < -0.4 is 10.9 Å². The largest absolute Gasteiger partial charge is 0.353 e. The second-order valence-corrected chi connectivity index (χ2v) is 10.4. The van der Waals surface area contributed by atoms with E-state index in [0.717, 1.165) is 35.9 Å². The lowest BCUT2D eigenvalue weighted by Crippen LogP contribution is -2.33. The molecule has 2 unspecified atom stereocenters. The third-order valence-electron chi connectivity index (χ3n) is 5.28. The molecule has 2 aromatic heterocycles. The molecular formula is C21H31N3O2S2. The highest BCUT2D eigenvalue weighted by atomic mass is 32.2. The van der Waals surface area contributed by atoms with Crippen LogP contribution in [0.15, 0.2) is 9.95 Å². The normalized spacial score (nSPS) is 17.7. The summed E-state index contributed by atoms with van der Waals surface area (Å²) >= 11 is 3.04. The topological polar surface area (TPSA) is 64.0 Å². The van der Waals surface area contributed by atoms with Gasteiger partial charge in [0.15, 0.2) is 5.16 Å². The van der Waals surface area contributed by atoms with E-state index >= 15 is 0 Å². The van der Waals surface area contributed by atoms with Crippen LogP contribution in [0.2, 0.25) is 0 Å². The number of hydrogen-bond acceptors (Lipinski definition) is 5. The Kier molecular flexibility index (Phi) is 6.86. The Morgan fingerprint density at radius 3 is 2.82 bits per heavy atom. The first kappa shape index (κ1) is 21.4. The number of thioether (sulfide) groups is 1. The Bertz CT molecular complexity index is 916. The lowest BCUT2D eigenvalue weighted by Gasteiger charge is -2.18. The molecule has 0 aromatic carbocycles. The lowest BCUT2D eigenvalue weighted by molar-refractivity contribution is -0.119. The minimum atomic E-state index is -0.0101. The third kappa shape index (κ3) is 4.62. The van der Waals surface area contributed by atoms with Gasteiger partial charge in [0.2, 0.25) is 5.91 Å². The number of aryl methyl sites for hydroxylation is 1. The Balaban J connectivity index is 1.96. The number of thiophene rings is 1. The Morgan fingerprint density at radius 1 is 1.39 bits per heavy atom. The van der Waals surface area contributed by atoms with Crippen molar-refractivity contribution in [2.24, 2.45) is 11.8 Å². The van der Waals surface area contributed by atoms with Crippen molar-refractivity contribution in [2.75, 3.05) is 5.75 Å². The van der Waals surface area contributed by atoms with Crippen LogP contribution in [0, 0.1) is 11.8 Å². The van der Waals surface area contributed by atoms with Gasteiger partial charge in [0.25, 0.3) is 5.56 Å². The van der Waals surface area contributed by atoms with E-state index in [1.807, 2.05) is 13.8 Å². The fraction of sp³-hybridized carbons (Fsp3) is 0.667. The summed E-state index contributed by atoms with van der Waals surface area (Å²) in [6.45, 7) is 11.1. The third-order valence-corrected chi connectivity index (χ3v) is 7.40. The molecule has 154 valence electrons. The highest BCUT2D eigenvalue weighted by Gasteiger charge is 2.25. The van der Waals surface area contributed by atoms with Gasteiger partial charge in [-0.2, -0.15) is 0 Å². The molecule has 3 rings (SSSR count). The fourth-order valence-corrected chi connectivity index (χ4v) is 5.83. The molecule has 2 heterocycles. The van der Waals surface area contributed by atoms with Crippen LogP contribution in [0.4, 0.5) is 0 Å². The van der Waals surface area contributed by atoms with E-state index in [-0.39, 0.29) is 23.3 Å². The number of nitrogens with zero attached hydrogens (tertiary/aromatic N) is 2. The maximum atomic E-state index is 13.4. The van der Waals surface area contributed by atoms with Crippen molar-refractivity contribution < 1.29 is 4.79 Å². The summed E-state index contributed by atoms with van der Waals surface area (Å²) in [5.41, 5.74) is 1.29. The average molecular weight is 422 g/mol. The van der Waals surface area contributed by atoms with Gasteiger partial charge in [0.1, 0.15) is 4.83 Å². The summed E-state index contributed by atoms with van der Waals surface area (Å²) in [5, 5.41) is 4.47. The molecule has 0 saturated heterocycles. The van der Waals surface area contributed by atoms with E-state index in [0.29, 0.717) is 23.5 Å². The van der Waals surface area contributed by atoms with Crippen LogP contribution in [-0.4, -0.2) is 27.3 Å². The Hall–Kier alpha value is -1.34.